The molecular formula is C21H21N3O3. The van der Waals surface area contributed by atoms with E-state index in [4.69, 9.17) is 9.15 Å². The molecule has 3 aromatic rings. The number of rotatable bonds is 5. The predicted molar refractivity (Wildman–Crippen MR) is 100 cm³/mol. The zero-order chi connectivity index (χ0) is 18.6. The van der Waals surface area contributed by atoms with E-state index in [1.54, 1.807) is 12.1 Å². The van der Waals surface area contributed by atoms with Gasteiger partial charge in [-0.2, -0.15) is 0 Å². The third kappa shape index (κ3) is 3.69. The van der Waals surface area contributed by atoms with Crippen LogP contribution in [0.25, 0.3) is 11.5 Å². The Labute approximate surface area is 157 Å². The third-order valence-corrected chi connectivity index (χ3v) is 5.02. The van der Waals surface area contributed by atoms with Crippen LogP contribution in [0.5, 0.6) is 5.75 Å². The first-order valence-electron chi connectivity index (χ1n) is 9.05. The Bertz CT molecular complexity index is 907. The van der Waals surface area contributed by atoms with Crippen molar-refractivity contribution in [2.75, 3.05) is 13.7 Å². The Hall–Kier alpha value is -3.15. The molecule has 1 heterocycles. The SMILES string of the molecule is CN(C(=O)COc1ccc(-c2nnco2)cc1)C1CCCc2ccccc21. The fraction of sp³-hybridized carbons (Fsp3) is 0.286. The van der Waals surface area contributed by atoms with Crippen LogP contribution < -0.4 is 4.74 Å². The highest BCUT2D eigenvalue weighted by molar-refractivity contribution is 5.78. The maximum Gasteiger partial charge on any atom is 0.260 e. The maximum absolute atomic E-state index is 12.6. The highest BCUT2D eigenvalue weighted by atomic mass is 16.5. The Balaban J connectivity index is 1.38. The lowest BCUT2D eigenvalue weighted by molar-refractivity contribution is -0.134. The molecule has 1 aliphatic rings. The minimum Gasteiger partial charge on any atom is -0.484 e. The van der Waals surface area contributed by atoms with Crippen LogP contribution >= 0.6 is 0 Å². The number of aromatic nitrogens is 2. The van der Waals surface area contributed by atoms with E-state index >= 15 is 0 Å². The van der Waals surface area contributed by atoms with Crippen molar-refractivity contribution in [3.63, 3.8) is 0 Å². The van der Waals surface area contributed by atoms with Gasteiger partial charge in [0.25, 0.3) is 5.91 Å². The number of nitrogens with zero attached hydrogens (tertiary/aromatic N) is 3. The molecular weight excluding hydrogens is 342 g/mol. The van der Waals surface area contributed by atoms with E-state index in [2.05, 4.69) is 28.4 Å². The molecule has 0 N–H and O–H groups in total. The summed E-state index contributed by atoms with van der Waals surface area (Å²) in [7, 11) is 1.86. The summed E-state index contributed by atoms with van der Waals surface area (Å²) in [6, 6.07) is 15.7. The largest absolute Gasteiger partial charge is 0.484 e. The Morgan fingerprint density at radius 3 is 2.81 bits per heavy atom. The lowest BCUT2D eigenvalue weighted by Crippen LogP contribution is -2.36. The summed E-state index contributed by atoms with van der Waals surface area (Å²) in [5.74, 6) is 1.05. The molecule has 1 amide bonds. The normalized spacial score (nSPS) is 15.8. The van der Waals surface area contributed by atoms with Gasteiger partial charge in [-0.25, -0.2) is 0 Å². The van der Waals surface area contributed by atoms with Gasteiger partial charge in [0.05, 0.1) is 6.04 Å². The zero-order valence-electron chi connectivity index (χ0n) is 15.2. The quantitative estimate of drug-likeness (QED) is 0.692. The lowest BCUT2D eigenvalue weighted by Gasteiger charge is -2.33. The Kier molecular flexibility index (Phi) is 4.87. The molecule has 1 unspecified atom stereocenters. The van der Waals surface area contributed by atoms with Gasteiger partial charge in [0, 0.05) is 12.6 Å². The molecule has 0 radical (unpaired) electrons. The van der Waals surface area contributed by atoms with E-state index in [1.807, 2.05) is 30.1 Å². The number of carbonyl (C=O) groups excluding carboxylic acids is 1. The summed E-state index contributed by atoms with van der Waals surface area (Å²) in [6.07, 6.45) is 4.45. The Morgan fingerprint density at radius 2 is 2.04 bits per heavy atom. The minimum atomic E-state index is -0.0299. The molecule has 6 nitrogen and oxygen atoms in total. The molecule has 4 rings (SSSR count). The standard InChI is InChI=1S/C21H21N3O3/c1-24(19-8-4-6-15-5-2-3-7-18(15)19)20(25)13-26-17-11-9-16(10-12-17)21-23-22-14-27-21/h2-3,5,7,9-12,14,19H,4,6,8,13H2,1H3. The molecule has 2 aromatic carbocycles. The summed E-state index contributed by atoms with van der Waals surface area (Å²) < 4.78 is 10.8. The molecule has 1 aliphatic carbocycles. The molecule has 6 heteroatoms. The fourth-order valence-electron chi connectivity index (χ4n) is 3.54. The van der Waals surface area contributed by atoms with E-state index in [1.165, 1.54) is 17.5 Å². The maximum atomic E-state index is 12.6. The van der Waals surface area contributed by atoms with Gasteiger partial charge in [-0.1, -0.05) is 24.3 Å². The van der Waals surface area contributed by atoms with Crippen molar-refractivity contribution in [2.45, 2.75) is 25.3 Å². The molecule has 1 aromatic heterocycles. The molecule has 0 aliphatic heterocycles. The van der Waals surface area contributed by atoms with E-state index in [0.717, 1.165) is 24.8 Å². The first-order valence-corrected chi connectivity index (χ1v) is 9.05. The first-order chi connectivity index (χ1) is 13.2. The topological polar surface area (TPSA) is 68.5 Å². The van der Waals surface area contributed by atoms with Crippen LogP contribution in [-0.2, 0) is 11.2 Å². The van der Waals surface area contributed by atoms with Crippen LogP contribution in [0, 0.1) is 0 Å². The minimum absolute atomic E-state index is 0.00900. The second kappa shape index (κ2) is 7.61. The Morgan fingerprint density at radius 1 is 1.22 bits per heavy atom. The van der Waals surface area contributed by atoms with Crippen molar-refractivity contribution in [3.8, 4) is 17.2 Å². The van der Waals surface area contributed by atoms with Crippen LogP contribution in [0.4, 0.5) is 0 Å². The van der Waals surface area contributed by atoms with Gasteiger partial charge in [-0.15, -0.1) is 10.2 Å². The molecule has 0 bridgehead atoms. The van der Waals surface area contributed by atoms with Crippen LogP contribution in [0.15, 0.2) is 59.3 Å². The van der Waals surface area contributed by atoms with Gasteiger partial charge in [0.2, 0.25) is 12.3 Å². The number of ether oxygens (including phenoxy) is 1. The predicted octanol–water partition coefficient (Wildman–Crippen LogP) is 3.65. The van der Waals surface area contributed by atoms with Crippen molar-refractivity contribution in [1.29, 1.82) is 0 Å². The van der Waals surface area contributed by atoms with Gasteiger partial charge in [0.1, 0.15) is 5.75 Å². The van der Waals surface area contributed by atoms with Gasteiger partial charge in [-0.3, -0.25) is 4.79 Å². The summed E-state index contributed by atoms with van der Waals surface area (Å²) >= 11 is 0. The zero-order valence-corrected chi connectivity index (χ0v) is 15.2. The highest BCUT2D eigenvalue weighted by Gasteiger charge is 2.26. The summed E-state index contributed by atoms with van der Waals surface area (Å²) in [6.45, 7) is 0.00900. The van der Waals surface area contributed by atoms with Crippen molar-refractivity contribution in [1.82, 2.24) is 15.1 Å². The fourth-order valence-corrected chi connectivity index (χ4v) is 3.54. The average molecular weight is 363 g/mol. The van der Waals surface area contributed by atoms with Crippen LogP contribution in [0.3, 0.4) is 0 Å². The number of benzene rings is 2. The number of aryl methyl sites for hydroxylation is 1. The van der Waals surface area contributed by atoms with Crippen LogP contribution in [0.1, 0.15) is 30.0 Å². The van der Waals surface area contributed by atoms with Crippen LogP contribution in [-0.4, -0.2) is 34.7 Å². The average Bonchev–Trinajstić information content (AvgIpc) is 3.26. The van der Waals surface area contributed by atoms with E-state index in [-0.39, 0.29) is 18.6 Å². The van der Waals surface area contributed by atoms with Gasteiger partial charge in [-0.05, 0) is 54.7 Å². The van der Waals surface area contributed by atoms with Gasteiger partial charge < -0.3 is 14.1 Å². The number of fused-ring (bicyclic) bond motifs is 1. The molecule has 0 saturated carbocycles. The number of likely N-dealkylation sites (N-methyl/N-ethyl adjacent to an activating group) is 1. The summed E-state index contributed by atoms with van der Waals surface area (Å²) in [5, 5.41) is 7.53. The summed E-state index contributed by atoms with van der Waals surface area (Å²) in [4.78, 5) is 14.5. The second-order valence-electron chi connectivity index (χ2n) is 6.67. The van der Waals surface area contributed by atoms with E-state index < -0.39 is 0 Å². The summed E-state index contributed by atoms with van der Waals surface area (Å²) in [5.41, 5.74) is 3.40. The number of hydrogen-bond acceptors (Lipinski definition) is 5. The van der Waals surface area contributed by atoms with Gasteiger partial charge >= 0.3 is 0 Å². The first kappa shape index (κ1) is 17.3. The van der Waals surface area contributed by atoms with Gasteiger partial charge in [0.15, 0.2) is 6.61 Å². The third-order valence-electron chi connectivity index (χ3n) is 5.02. The number of carbonyl (C=O) groups is 1. The van der Waals surface area contributed by atoms with Crippen LogP contribution in [0.2, 0.25) is 0 Å². The monoisotopic (exact) mass is 363 g/mol. The second-order valence-corrected chi connectivity index (χ2v) is 6.67. The van der Waals surface area contributed by atoms with Crippen molar-refractivity contribution in [3.05, 3.63) is 66.1 Å². The van der Waals surface area contributed by atoms with E-state index in [0.29, 0.717) is 11.6 Å². The van der Waals surface area contributed by atoms with Crippen molar-refractivity contribution < 1.29 is 13.9 Å². The number of hydrogen-bond donors (Lipinski definition) is 0. The highest BCUT2D eigenvalue weighted by Crippen LogP contribution is 2.33. The number of amides is 1. The molecule has 0 saturated heterocycles. The van der Waals surface area contributed by atoms with E-state index in [9.17, 15) is 4.79 Å². The molecule has 1 atom stereocenters. The molecule has 27 heavy (non-hydrogen) atoms. The molecule has 138 valence electrons. The van der Waals surface area contributed by atoms with Crippen molar-refractivity contribution in [2.24, 2.45) is 0 Å². The van der Waals surface area contributed by atoms with Crippen molar-refractivity contribution >= 4 is 5.91 Å². The molecule has 0 fully saturated rings. The lowest BCUT2D eigenvalue weighted by atomic mass is 9.87. The smallest absolute Gasteiger partial charge is 0.260 e. The molecule has 0 spiro atoms.